The van der Waals surface area contributed by atoms with E-state index in [2.05, 4.69) is 0 Å². The average molecular weight is 153 g/mol. The zero-order valence-electron chi connectivity index (χ0n) is 6.10. The summed E-state index contributed by atoms with van der Waals surface area (Å²) in [6.45, 7) is 1.61. The second-order valence-electron chi connectivity index (χ2n) is 2.29. The van der Waals surface area contributed by atoms with Crippen LogP contribution in [0.4, 0.5) is 10.1 Å². The van der Waals surface area contributed by atoms with Crippen molar-refractivity contribution < 1.29 is 9.18 Å². The number of nitrogen functional groups attached to an aromatic ring is 1. The van der Waals surface area contributed by atoms with Crippen molar-refractivity contribution in [3.8, 4) is 0 Å². The van der Waals surface area contributed by atoms with Gasteiger partial charge in [0.05, 0.1) is 5.56 Å². The van der Waals surface area contributed by atoms with E-state index in [9.17, 15) is 9.18 Å². The summed E-state index contributed by atoms with van der Waals surface area (Å²) in [7, 11) is 0. The van der Waals surface area contributed by atoms with Crippen LogP contribution >= 0.6 is 0 Å². The molecule has 1 aromatic carbocycles. The summed E-state index contributed by atoms with van der Waals surface area (Å²) in [4.78, 5) is 10.3. The van der Waals surface area contributed by atoms with Crippen LogP contribution in [0.1, 0.15) is 15.9 Å². The van der Waals surface area contributed by atoms with Crippen molar-refractivity contribution in [3.05, 3.63) is 29.1 Å². The fraction of sp³-hybridized carbons (Fsp3) is 0.125. The standard InChI is InChI=1S/C8H8FNO/c1-5-6(4-11)7(9)2-3-8(5)10/h2-4H,10H2,1H3. The number of carbonyl (C=O) groups is 1. The fourth-order valence-corrected chi connectivity index (χ4v) is 0.857. The first kappa shape index (κ1) is 7.72. The van der Waals surface area contributed by atoms with Gasteiger partial charge >= 0.3 is 0 Å². The third kappa shape index (κ3) is 1.22. The van der Waals surface area contributed by atoms with Crippen LogP contribution in [0.25, 0.3) is 0 Å². The number of hydrogen-bond donors (Lipinski definition) is 1. The Balaban J connectivity index is 3.40. The molecule has 0 unspecified atom stereocenters. The van der Waals surface area contributed by atoms with Crippen molar-refractivity contribution in [2.45, 2.75) is 6.92 Å². The molecule has 1 rings (SSSR count). The number of benzene rings is 1. The van der Waals surface area contributed by atoms with Crippen molar-refractivity contribution in [3.63, 3.8) is 0 Å². The lowest BCUT2D eigenvalue weighted by Crippen LogP contribution is -1.97. The van der Waals surface area contributed by atoms with Crippen molar-refractivity contribution in [1.82, 2.24) is 0 Å². The van der Waals surface area contributed by atoms with E-state index in [0.717, 1.165) is 0 Å². The Morgan fingerprint density at radius 3 is 2.64 bits per heavy atom. The molecule has 0 saturated heterocycles. The van der Waals surface area contributed by atoms with Crippen LogP contribution in [0.5, 0.6) is 0 Å². The number of halogens is 1. The minimum Gasteiger partial charge on any atom is -0.398 e. The number of nitrogens with two attached hydrogens (primary N) is 1. The second-order valence-corrected chi connectivity index (χ2v) is 2.29. The van der Waals surface area contributed by atoms with E-state index in [-0.39, 0.29) is 5.56 Å². The molecular formula is C8H8FNO. The summed E-state index contributed by atoms with van der Waals surface area (Å²) >= 11 is 0. The lowest BCUT2D eigenvalue weighted by atomic mass is 10.1. The van der Waals surface area contributed by atoms with E-state index in [4.69, 9.17) is 5.73 Å². The Kier molecular flexibility index (Phi) is 1.89. The zero-order valence-corrected chi connectivity index (χ0v) is 6.10. The Bertz CT molecular complexity index is 296. The van der Waals surface area contributed by atoms with Crippen LogP contribution < -0.4 is 5.73 Å². The Morgan fingerprint density at radius 1 is 1.55 bits per heavy atom. The van der Waals surface area contributed by atoms with Gasteiger partial charge in [-0.15, -0.1) is 0 Å². The first-order valence-electron chi connectivity index (χ1n) is 3.16. The number of rotatable bonds is 1. The second kappa shape index (κ2) is 2.70. The fourth-order valence-electron chi connectivity index (χ4n) is 0.857. The molecule has 0 aliphatic rings. The number of hydrogen-bond acceptors (Lipinski definition) is 2. The van der Waals surface area contributed by atoms with E-state index in [1.807, 2.05) is 0 Å². The van der Waals surface area contributed by atoms with Crippen LogP contribution in [0.15, 0.2) is 12.1 Å². The maximum Gasteiger partial charge on any atom is 0.153 e. The molecule has 0 spiro atoms. The van der Waals surface area contributed by atoms with Crippen LogP contribution in [-0.4, -0.2) is 6.29 Å². The van der Waals surface area contributed by atoms with Gasteiger partial charge in [-0.05, 0) is 24.6 Å². The van der Waals surface area contributed by atoms with Crippen molar-refractivity contribution in [2.75, 3.05) is 5.73 Å². The number of carbonyl (C=O) groups excluding carboxylic acids is 1. The molecule has 11 heavy (non-hydrogen) atoms. The Hall–Kier alpha value is -1.38. The Labute approximate surface area is 63.8 Å². The minimum absolute atomic E-state index is 0.0463. The molecule has 58 valence electrons. The van der Waals surface area contributed by atoms with Gasteiger partial charge in [-0.3, -0.25) is 4.79 Å². The van der Waals surface area contributed by atoms with Crippen LogP contribution in [0, 0.1) is 12.7 Å². The largest absolute Gasteiger partial charge is 0.398 e. The molecule has 0 heterocycles. The lowest BCUT2D eigenvalue weighted by Gasteiger charge is -2.02. The molecule has 0 radical (unpaired) electrons. The lowest BCUT2D eigenvalue weighted by molar-refractivity contribution is 0.111. The average Bonchev–Trinajstić information content (AvgIpc) is 1.99. The van der Waals surface area contributed by atoms with Crippen LogP contribution in [-0.2, 0) is 0 Å². The highest BCUT2D eigenvalue weighted by molar-refractivity contribution is 5.80. The molecule has 0 saturated carbocycles. The third-order valence-corrected chi connectivity index (χ3v) is 1.62. The maximum atomic E-state index is 12.7. The summed E-state index contributed by atoms with van der Waals surface area (Å²) in [5.41, 5.74) is 6.42. The first-order valence-corrected chi connectivity index (χ1v) is 3.16. The SMILES string of the molecule is Cc1c(N)ccc(F)c1C=O. The highest BCUT2D eigenvalue weighted by atomic mass is 19.1. The monoisotopic (exact) mass is 153 g/mol. The van der Waals surface area contributed by atoms with Gasteiger partial charge in [-0.25, -0.2) is 4.39 Å². The quantitative estimate of drug-likeness (QED) is 0.491. The predicted molar refractivity (Wildman–Crippen MR) is 40.9 cm³/mol. The Morgan fingerprint density at radius 2 is 2.18 bits per heavy atom. The topological polar surface area (TPSA) is 43.1 Å². The molecule has 2 N–H and O–H groups in total. The highest BCUT2D eigenvalue weighted by Crippen LogP contribution is 2.16. The zero-order chi connectivity index (χ0) is 8.43. The van der Waals surface area contributed by atoms with Gasteiger partial charge < -0.3 is 5.73 Å². The molecule has 0 amide bonds. The van der Waals surface area contributed by atoms with E-state index in [0.29, 0.717) is 17.5 Å². The molecule has 3 heteroatoms. The molecule has 0 bridgehead atoms. The van der Waals surface area contributed by atoms with Gasteiger partial charge in [0, 0.05) is 5.69 Å². The van der Waals surface area contributed by atoms with Crippen LogP contribution in [0.3, 0.4) is 0 Å². The highest BCUT2D eigenvalue weighted by Gasteiger charge is 2.05. The van der Waals surface area contributed by atoms with Gasteiger partial charge in [0.2, 0.25) is 0 Å². The molecule has 2 nitrogen and oxygen atoms in total. The molecular weight excluding hydrogens is 145 g/mol. The summed E-state index contributed by atoms with van der Waals surface area (Å²) in [5.74, 6) is -0.522. The smallest absolute Gasteiger partial charge is 0.153 e. The molecule has 0 aromatic heterocycles. The van der Waals surface area contributed by atoms with E-state index >= 15 is 0 Å². The maximum absolute atomic E-state index is 12.7. The van der Waals surface area contributed by atoms with Crippen molar-refractivity contribution >= 4 is 12.0 Å². The van der Waals surface area contributed by atoms with Gasteiger partial charge in [-0.1, -0.05) is 0 Å². The summed E-state index contributed by atoms with van der Waals surface area (Å²) in [6, 6.07) is 2.63. The van der Waals surface area contributed by atoms with Gasteiger partial charge in [0.15, 0.2) is 6.29 Å². The van der Waals surface area contributed by atoms with E-state index in [1.165, 1.54) is 12.1 Å². The van der Waals surface area contributed by atoms with Gasteiger partial charge in [-0.2, -0.15) is 0 Å². The molecule has 0 fully saturated rings. The normalized spacial score (nSPS) is 9.64. The van der Waals surface area contributed by atoms with Crippen molar-refractivity contribution in [1.29, 1.82) is 0 Å². The summed E-state index contributed by atoms with van der Waals surface area (Å²) < 4.78 is 12.7. The molecule has 0 atom stereocenters. The summed E-state index contributed by atoms with van der Waals surface area (Å²) in [5, 5.41) is 0. The molecule has 1 aromatic rings. The summed E-state index contributed by atoms with van der Waals surface area (Å²) in [6.07, 6.45) is 0.473. The minimum atomic E-state index is -0.522. The van der Waals surface area contributed by atoms with Gasteiger partial charge in [0.25, 0.3) is 0 Å². The van der Waals surface area contributed by atoms with Crippen molar-refractivity contribution in [2.24, 2.45) is 0 Å². The molecule has 0 aliphatic carbocycles. The first-order chi connectivity index (χ1) is 5.16. The van der Waals surface area contributed by atoms with Crippen LogP contribution in [0.2, 0.25) is 0 Å². The molecule has 0 aliphatic heterocycles. The predicted octanol–water partition coefficient (Wildman–Crippen LogP) is 1.53. The number of aldehydes is 1. The van der Waals surface area contributed by atoms with E-state index < -0.39 is 5.82 Å². The van der Waals surface area contributed by atoms with E-state index in [1.54, 1.807) is 6.92 Å². The third-order valence-electron chi connectivity index (χ3n) is 1.62. The van der Waals surface area contributed by atoms with Gasteiger partial charge in [0.1, 0.15) is 5.82 Å². The number of anilines is 1.